The maximum atomic E-state index is 12.7. The Labute approximate surface area is 81.3 Å². The molecule has 0 aliphatic heterocycles. The summed E-state index contributed by atoms with van der Waals surface area (Å²) in [6.07, 6.45) is 5.54. The van der Waals surface area contributed by atoms with Crippen molar-refractivity contribution in [3.8, 4) is 0 Å². The van der Waals surface area contributed by atoms with Crippen molar-refractivity contribution in [2.24, 2.45) is 5.92 Å². The molecule has 0 unspecified atom stereocenters. The van der Waals surface area contributed by atoms with Gasteiger partial charge < -0.3 is 5.32 Å². The van der Waals surface area contributed by atoms with Crippen LogP contribution in [0.4, 0.5) is 10.1 Å². The Balaban J connectivity index is 1.99. The van der Waals surface area contributed by atoms with Crippen molar-refractivity contribution in [3.05, 3.63) is 24.3 Å². The van der Waals surface area contributed by atoms with Gasteiger partial charge in [0, 0.05) is 12.0 Å². The Kier molecular flexibility index (Phi) is 2.43. The molecule has 1 aromatic rings. The fourth-order valence-corrected chi connectivity index (χ4v) is 1.39. The van der Waals surface area contributed by atoms with Crippen molar-refractivity contribution in [1.82, 2.24) is 4.98 Å². The SMILES string of the molecule is O=C(Nc1cncc(F)c1)C1CCC1. The minimum atomic E-state index is -0.434. The third-order valence-corrected chi connectivity index (χ3v) is 2.45. The quantitative estimate of drug-likeness (QED) is 0.781. The molecule has 14 heavy (non-hydrogen) atoms. The van der Waals surface area contributed by atoms with E-state index in [4.69, 9.17) is 0 Å². The minimum Gasteiger partial charge on any atom is -0.324 e. The number of pyridine rings is 1. The molecule has 1 amide bonds. The van der Waals surface area contributed by atoms with Crippen LogP contribution in [0.5, 0.6) is 0 Å². The average Bonchev–Trinajstić information content (AvgIpc) is 1.99. The standard InChI is InChI=1S/C10H11FN2O/c11-8-4-9(6-12-5-8)13-10(14)7-2-1-3-7/h4-7H,1-3H2,(H,13,14). The Morgan fingerprint density at radius 1 is 1.50 bits per heavy atom. The first-order valence-corrected chi connectivity index (χ1v) is 4.67. The van der Waals surface area contributed by atoms with E-state index in [1.165, 1.54) is 12.3 Å². The number of nitrogens with one attached hydrogen (secondary N) is 1. The van der Waals surface area contributed by atoms with Crippen molar-refractivity contribution in [3.63, 3.8) is 0 Å². The number of carbonyl (C=O) groups is 1. The highest BCUT2D eigenvalue weighted by molar-refractivity contribution is 5.92. The second-order valence-electron chi connectivity index (χ2n) is 3.51. The molecule has 1 aliphatic carbocycles. The zero-order chi connectivity index (χ0) is 9.97. The van der Waals surface area contributed by atoms with Gasteiger partial charge in [0.2, 0.25) is 5.91 Å². The van der Waals surface area contributed by atoms with Crippen LogP contribution in [0.1, 0.15) is 19.3 Å². The van der Waals surface area contributed by atoms with Gasteiger partial charge in [0.1, 0.15) is 5.82 Å². The number of nitrogens with zero attached hydrogens (tertiary/aromatic N) is 1. The summed E-state index contributed by atoms with van der Waals surface area (Å²) >= 11 is 0. The average molecular weight is 194 g/mol. The lowest BCUT2D eigenvalue weighted by molar-refractivity contribution is -0.122. The van der Waals surface area contributed by atoms with Crippen molar-refractivity contribution >= 4 is 11.6 Å². The topological polar surface area (TPSA) is 42.0 Å². The molecule has 3 nitrogen and oxygen atoms in total. The number of amides is 1. The number of anilines is 1. The molecule has 1 heterocycles. The molecule has 1 saturated carbocycles. The van der Waals surface area contributed by atoms with Crippen molar-refractivity contribution < 1.29 is 9.18 Å². The van der Waals surface area contributed by atoms with Gasteiger partial charge in [-0.25, -0.2) is 4.39 Å². The lowest BCUT2D eigenvalue weighted by atomic mass is 9.85. The van der Waals surface area contributed by atoms with Crippen molar-refractivity contribution in [1.29, 1.82) is 0 Å². The Bertz CT molecular complexity index is 350. The van der Waals surface area contributed by atoms with Crippen LogP contribution < -0.4 is 5.32 Å². The fraction of sp³-hybridized carbons (Fsp3) is 0.400. The van der Waals surface area contributed by atoms with Gasteiger partial charge in [-0.2, -0.15) is 0 Å². The molecule has 2 rings (SSSR count). The molecule has 1 fully saturated rings. The first kappa shape index (κ1) is 9.12. The van der Waals surface area contributed by atoms with Gasteiger partial charge in [-0.05, 0) is 12.8 Å². The normalized spacial score (nSPS) is 16.1. The summed E-state index contributed by atoms with van der Waals surface area (Å²) in [6.45, 7) is 0. The highest BCUT2D eigenvalue weighted by Gasteiger charge is 2.25. The molecule has 0 aromatic carbocycles. The van der Waals surface area contributed by atoms with Gasteiger partial charge in [-0.3, -0.25) is 9.78 Å². The predicted octanol–water partition coefficient (Wildman–Crippen LogP) is 1.96. The van der Waals surface area contributed by atoms with Crippen molar-refractivity contribution in [2.75, 3.05) is 5.32 Å². The lowest BCUT2D eigenvalue weighted by Gasteiger charge is -2.23. The van der Waals surface area contributed by atoms with Crippen LogP contribution in [0.3, 0.4) is 0 Å². The number of carbonyl (C=O) groups excluding carboxylic acids is 1. The largest absolute Gasteiger partial charge is 0.324 e. The van der Waals surface area contributed by atoms with Crippen LogP contribution in [0.25, 0.3) is 0 Å². The van der Waals surface area contributed by atoms with Crippen LogP contribution in [-0.2, 0) is 4.79 Å². The smallest absolute Gasteiger partial charge is 0.227 e. The van der Waals surface area contributed by atoms with E-state index in [0.29, 0.717) is 5.69 Å². The summed E-state index contributed by atoms with van der Waals surface area (Å²) in [4.78, 5) is 15.1. The molecular formula is C10H11FN2O. The molecule has 0 atom stereocenters. The van der Waals surface area contributed by atoms with Crippen LogP contribution >= 0.6 is 0 Å². The van der Waals surface area contributed by atoms with E-state index in [2.05, 4.69) is 10.3 Å². The second kappa shape index (κ2) is 3.74. The number of aromatic nitrogens is 1. The molecular weight excluding hydrogens is 183 g/mol. The summed E-state index contributed by atoms with van der Waals surface area (Å²) in [6, 6.07) is 1.27. The molecule has 1 N–H and O–H groups in total. The number of halogens is 1. The summed E-state index contributed by atoms with van der Waals surface area (Å²) < 4.78 is 12.7. The van der Waals surface area contributed by atoms with E-state index in [9.17, 15) is 9.18 Å². The van der Waals surface area contributed by atoms with E-state index < -0.39 is 5.82 Å². The Hall–Kier alpha value is -1.45. The minimum absolute atomic E-state index is 0.0244. The first-order chi connectivity index (χ1) is 6.75. The highest BCUT2D eigenvalue weighted by atomic mass is 19.1. The van der Waals surface area contributed by atoms with Crippen molar-refractivity contribution in [2.45, 2.75) is 19.3 Å². The summed E-state index contributed by atoms with van der Waals surface area (Å²) in [7, 11) is 0. The van der Waals surface area contributed by atoms with Gasteiger partial charge >= 0.3 is 0 Å². The van der Waals surface area contributed by atoms with E-state index in [1.807, 2.05) is 0 Å². The van der Waals surface area contributed by atoms with Gasteiger partial charge in [-0.1, -0.05) is 6.42 Å². The van der Waals surface area contributed by atoms with Gasteiger partial charge in [0.15, 0.2) is 0 Å². The van der Waals surface area contributed by atoms with Gasteiger partial charge in [-0.15, -0.1) is 0 Å². The molecule has 0 bridgehead atoms. The van der Waals surface area contributed by atoms with Crippen LogP contribution in [0.15, 0.2) is 18.5 Å². The molecule has 0 radical (unpaired) electrons. The summed E-state index contributed by atoms with van der Waals surface area (Å²) in [5.41, 5.74) is 0.432. The number of rotatable bonds is 2. The molecule has 1 aromatic heterocycles. The maximum Gasteiger partial charge on any atom is 0.227 e. The van der Waals surface area contributed by atoms with Gasteiger partial charge in [0.25, 0.3) is 0 Å². The van der Waals surface area contributed by atoms with E-state index in [-0.39, 0.29) is 11.8 Å². The Morgan fingerprint density at radius 2 is 2.29 bits per heavy atom. The molecule has 74 valence electrons. The highest BCUT2D eigenvalue weighted by Crippen LogP contribution is 2.27. The fourth-order valence-electron chi connectivity index (χ4n) is 1.39. The number of hydrogen-bond donors (Lipinski definition) is 1. The van der Waals surface area contributed by atoms with Crippen LogP contribution in [0, 0.1) is 11.7 Å². The molecule has 4 heteroatoms. The van der Waals surface area contributed by atoms with Gasteiger partial charge in [0.05, 0.1) is 18.1 Å². The predicted molar refractivity (Wildman–Crippen MR) is 50.2 cm³/mol. The lowest BCUT2D eigenvalue weighted by Crippen LogP contribution is -2.28. The first-order valence-electron chi connectivity index (χ1n) is 4.67. The summed E-state index contributed by atoms with van der Waals surface area (Å²) in [5, 5.41) is 2.64. The zero-order valence-corrected chi connectivity index (χ0v) is 7.66. The zero-order valence-electron chi connectivity index (χ0n) is 7.66. The number of hydrogen-bond acceptors (Lipinski definition) is 2. The molecule has 0 saturated heterocycles. The van der Waals surface area contributed by atoms with E-state index in [0.717, 1.165) is 25.5 Å². The van der Waals surface area contributed by atoms with Crippen LogP contribution in [0.2, 0.25) is 0 Å². The van der Waals surface area contributed by atoms with Crippen LogP contribution in [-0.4, -0.2) is 10.9 Å². The molecule has 1 aliphatic rings. The summed E-state index contributed by atoms with van der Waals surface area (Å²) in [5.74, 6) is -0.349. The molecule has 0 spiro atoms. The van der Waals surface area contributed by atoms with E-state index >= 15 is 0 Å². The van der Waals surface area contributed by atoms with E-state index in [1.54, 1.807) is 0 Å². The maximum absolute atomic E-state index is 12.7. The third-order valence-electron chi connectivity index (χ3n) is 2.45. The monoisotopic (exact) mass is 194 g/mol. The Morgan fingerprint density at radius 3 is 2.86 bits per heavy atom. The third kappa shape index (κ3) is 1.89. The second-order valence-corrected chi connectivity index (χ2v) is 3.51.